The van der Waals surface area contributed by atoms with Gasteiger partial charge in [0.05, 0.1) is 5.56 Å². The molecule has 0 atom stereocenters. The highest BCUT2D eigenvalue weighted by atomic mass is 16.1. The molecule has 0 unspecified atom stereocenters. The largest absolute Gasteiger partial charge is 0.383 e. The maximum absolute atomic E-state index is 11.5. The second-order valence-electron chi connectivity index (χ2n) is 3.18. The number of nitrogens with zero attached hydrogens (tertiary/aromatic N) is 1. The second kappa shape index (κ2) is 5.11. The molecule has 1 heterocycles. The van der Waals surface area contributed by atoms with Gasteiger partial charge in [0.2, 0.25) is 0 Å². The molecule has 0 saturated heterocycles. The third kappa shape index (κ3) is 2.28. The molecule has 0 radical (unpaired) electrons. The number of allylic oxidation sites excluding steroid dienone is 3. The van der Waals surface area contributed by atoms with Crippen LogP contribution in [0, 0.1) is 0 Å². The molecular weight excluding hydrogens is 202 g/mol. The van der Waals surface area contributed by atoms with Gasteiger partial charge in [0.1, 0.15) is 5.82 Å². The lowest BCUT2D eigenvalue weighted by Crippen LogP contribution is -2.20. The lowest BCUT2D eigenvalue weighted by Gasteiger charge is -2.07. The van der Waals surface area contributed by atoms with Crippen LogP contribution in [0.15, 0.2) is 31.0 Å². The summed E-state index contributed by atoms with van der Waals surface area (Å²) in [5.74, 6) is -0.0195. The first-order valence-electron chi connectivity index (χ1n) is 4.90. The number of nitrogens with two attached hydrogens (primary N) is 1. The molecule has 0 spiro atoms. The topological polar surface area (TPSA) is 68.0 Å². The first kappa shape index (κ1) is 12.0. The smallest absolute Gasteiger partial charge is 0.254 e. The van der Waals surface area contributed by atoms with Gasteiger partial charge in [-0.05, 0) is 18.6 Å². The van der Waals surface area contributed by atoms with E-state index < -0.39 is 0 Å². The Morgan fingerprint density at radius 3 is 2.81 bits per heavy atom. The van der Waals surface area contributed by atoms with Gasteiger partial charge in [-0.25, -0.2) is 4.98 Å². The number of amides is 1. The number of hydrogen-bond donors (Lipinski definition) is 2. The van der Waals surface area contributed by atoms with Crippen LogP contribution >= 0.6 is 0 Å². The molecule has 84 valence electrons. The van der Waals surface area contributed by atoms with Crippen LogP contribution in [0.25, 0.3) is 5.57 Å². The lowest BCUT2D eigenvalue weighted by atomic mass is 10.1. The van der Waals surface area contributed by atoms with Crippen molar-refractivity contribution < 1.29 is 4.79 Å². The fraction of sp³-hybridized carbons (Fsp3) is 0.167. The maximum atomic E-state index is 11.5. The standard InChI is InChI=1S/C12H15N3O/c1-4-8(5-2)9-6-10(12(16)14-3)11(13)15-7-9/h4-7H,1H2,2-3H3,(H2,13,15)(H,14,16)/b8-5+. The van der Waals surface area contributed by atoms with Crippen molar-refractivity contribution in [3.8, 4) is 0 Å². The van der Waals surface area contributed by atoms with Crippen LogP contribution in [-0.2, 0) is 0 Å². The number of nitrogen functional groups attached to an aromatic ring is 1. The van der Waals surface area contributed by atoms with Gasteiger partial charge in [0, 0.05) is 18.8 Å². The summed E-state index contributed by atoms with van der Waals surface area (Å²) in [5.41, 5.74) is 7.75. The van der Waals surface area contributed by atoms with Crippen LogP contribution < -0.4 is 11.1 Å². The average molecular weight is 217 g/mol. The van der Waals surface area contributed by atoms with Crippen molar-refractivity contribution in [2.75, 3.05) is 12.8 Å². The molecule has 3 N–H and O–H groups in total. The fourth-order valence-electron chi connectivity index (χ4n) is 1.35. The minimum Gasteiger partial charge on any atom is -0.383 e. The lowest BCUT2D eigenvalue weighted by molar-refractivity contribution is 0.0963. The number of carbonyl (C=O) groups is 1. The molecule has 0 fully saturated rings. The van der Waals surface area contributed by atoms with Crippen LogP contribution in [0.1, 0.15) is 22.8 Å². The van der Waals surface area contributed by atoms with Crippen molar-refractivity contribution in [3.05, 3.63) is 42.1 Å². The Hall–Kier alpha value is -2.10. The van der Waals surface area contributed by atoms with E-state index in [0.717, 1.165) is 11.1 Å². The second-order valence-corrected chi connectivity index (χ2v) is 3.18. The van der Waals surface area contributed by atoms with Crippen LogP contribution in [0.3, 0.4) is 0 Å². The molecule has 1 aromatic rings. The first-order valence-corrected chi connectivity index (χ1v) is 4.90. The van der Waals surface area contributed by atoms with Gasteiger partial charge >= 0.3 is 0 Å². The van der Waals surface area contributed by atoms with E-state index in [1.54, 1.807) is 25.4 Å². The summed E-state index contributed by atoms with van der Waals surface area (Å²) in [6.07, 6.45) is 5.23. The monoisotopic (exact) mass is 217 g/mol. The van der Waals surface area contributed by atoms with E-state index >= 15 is 0 Å². The summed E-state index contributed by atoms with van der Waals surface area (Å²) in [5, 5.41) is 2.52. The van der Waals surface area contributed by atoms with Gasteiger partial charge in [-0.3, -0.25) is 4.79 Å². The number of pyridine rings is 1. The van der Waals surface area contributed by atoms with Crippen molar-refractivity contribution in [2.24, 2.45) is 0 Å². The SMILES string of the molecule is C=C/C(=C\C)c1cnc(N)c(C(=O)NC)c1. The molecule has 1 aromatic heterocycles. The minimum atomic E-state index is -0.244. The van der Waals surface area contributed by atoms with Gasteiger partial charge in [-0.2, -0.15) is 0 Å². The molecule has 0 saturated carbocycles. The van der Waals surface area contributed by atoms with E-state index in [1.165, 1.54) is 0 Å². The summed E-state index contributed by atoms with van der Waals surface area (Å²) in [7, 11) is 1.55. The number of nitrogens with one attached hydrogen (secondary N) is 1. The highest BCUT2D eigenvalue weighted by molar-refractivity contribution is 5.99. The Kier molecular flexibility index (Phi) is 3.83. The van der Waals surface area contributed by atoms with Crippen LogP contribution in [0.5, 0.6) is 0 Å². The molecule has 1 amide bonds. The Balaban J connectivity index is 3.27. The summed E-state index contributed by atoms with van der Waals surface area (Å²) in [6, 6.07) is 1.71. The van der Waals surface area contributed by atoms with Crippen molar-refractivity contribution in [2.45, 2.75) is 6.92 Å². The Bertz CT molecular complexity index is 450. The zero-order chi connectivity index (χ0) is 12.1. The van der Waals surface area contributed by atoms with Gasteiger partial charge in [0.25, 0.3) is 5.91 Å². The van der Waals surface area contributed by atoms with E-state index in [9.17, 15) is 4.79 Å². The van der Waals surface area contributed by atoms with Gasteiger partial charge in [-0.15, -0.1) is 0 Å². The molecule has 0 aliphatic carbocycles. The Morgan fingerprint density at radius 2 is 2.31 bits per heavy atom. The molecule has 4 nitrogen and oxygen atoms in total. The number of aromatic nitrogens is 1. The van der Waals surface area contributed by atoms with Crippen molar-refractivity contribution in [3.63, 3.8) is 0 Å². The average Bonchev–Trinajstić information content (AvgIpc) is 2.31. The summed E-state index contributed by atoms with van der Waals surface area (Å²) >= 11 is 0. The maximum Gasteiger partial charge on any atom is 0.254 e. The summed E-state index contributed by atoms with van der Waals surface area (Å²) in [4.78, 5) is 15.5. The predicted octanol–water partition coefficient (Wildman–Crippen LogP) is 1.61. The number of anilines is 1. The van der Waals surface area contributed by atoms with Crippen LogP contribution in [-0.4, -0.2) is 17.9 Å². The number of hydrogen-bond acceptors (Lipinski definition) is 3. The molecule has 1 rings (SSSR count). The van der Waals surface area contributed by atoms with Crippen molar-refractivity contribution in [1.82, 2.24) is 10.3 Å². The van der Waals surface area contributed by atoms with E-state index in [0.29, 0.717) is 5.56 Å². The summed E-state index contributed by atoms with van der Waals surface area (Å²) < 4.78 is 0. The van der Waals surface area contributed by atoms with Crippen LogP contribution in [0.2, 0.25) is 0 Å². The van der Waals surface area contributed by atoms with E-state index in [4.69, 9.17) is 5.73 Å². The zero-order valence-corrected chi connectivity index (χ0v) is 9.45. The molecule has 0 aromatic carbocycles. The highest BCUT2D eigenvalue weighted by Gasteiger charge is 2.10. The number of rotatable bonds is 3. The molecule has 0 aliphatic rings. The molecule has 16 heavy (non-hydrogen) atoms. The third-order valence-corrected chi connectivity index (χ3v) is 2.25. The first-order chi connectivity index (χ1) is 7.63. The fourth-order valence-corrected chi connectivity index (χ4v) is 1.35. The van der Waals surface area contributed by atoms with Gasteiger partial charge in [-0.1, -0.05) is 18.7 Å². The van der Waals surface area contributed by atoms with E-state index in [-0.39, 0.29) is 11.7 Å². The molecule has 0 bridgehead atoms. The highest BCUT2D eigenvalue weighted by Crippen LogP contribution is 2.18. The zero-order valence-electron chi connectivity index (χ0n) is 9.45. The normalized spacial score (nSPS) is 11.0. The van der Waals surface area contributed by atoms with Crippen molar-refractivity contribution in [1.29, 1.82) is 0 Å². The molecule has 4 heteroatoms. The van der Waals surface area contributed by atoms with E-state index in [1.807, 2.05) is 13.0 Å². The predicted molar refractivity (Wildman–Crippen MR) is 65.9 cm³/mol. The van der Waals surface area contributed by atoms with Crippen LogP contribution in [0.4, 0.5) is 5.82 Å². The summed E-state index contributed by atoms with van der Waals surface area (Å²) in [6.45, 7) is 5.59. The Morgan fingerprint density at radius 1 is 1.62 bits per heavy atom. The van der Waals surface area contributed by atoms with E-state index in [2.05, 4.69) is 16.9 Å². The van der Waals surface area contributed by atoms with Gasteiger partial charge < -0.3 is 11.1 Å². The van der Waals surface area contributed by atoms with Gasteiger partial charge in [0.15, 0.2) is 0 Å². The number of carbonyl (C=O) groups excluding carboxylic acids is 1. The quantitative estimate of drug-likeness (QED) is 0.756. The van der Waals surface area contributed by atoms with Crippen molar-refractivity contribution >= 4 is 17.3 Å². The minimum absolute atomic E-state index is 0.225. The molecular formula is C12H15N3O. The third-order valence-electron chi connectivity index (χ3n) is 2.25. The molecule has 0 aliphatic heterocycles. The Labute approximate surface area is 94.9 Å².